The van der Waals surface area contributed by atoms with Gasteiger partial charge in [-0.15, -0.1) is 0 Å². The third-order valence-electron chi connectivity index (χ3n) is 3.37. The number of ether oxygens (including phenoxy) is 1. The predicted octanol–water partition coefficient (Wildman–Crippen LogP) is 3.54. The zero-order valence-corrected chi connectivity index (χ0v) is 10.9. The highest BCUT2D eigenvalue weighted by atomic mass is 35.5. The molecule has 92 valence electrons. The van der Waals surface area contributed by atoms with Crippen molar-refractivity contribution in [3.63, 3.8) is 0 Å². The van der Waals surface area contributed by atoms with Crippen LogP contribution in [0.25, 0.3) is 0 Å². The molecule has 0 saturated heterocycles. The third-order valence-corrected chi connectivity index (χ3v) is 3.68. The summed E-state index contributed by atoms with van der Waals surface area (Å²) in [6.45, 7) is 0.909. The maximum absolute atomic E-state index is 6.06. The Morgan fingerprint density at radius 1 is 1.22 bits per heavy atom. The average molecular weight is 260 g/mol. The zero-order valence-electron chi connectivity index (χ0n) is 10.1. The van der Waals surface area contributed by atoms with E-state index in [4.69, 9.17) is 16.3 Å². The fourth-order valence-electron chi connectivity index (χ4n) is 2.45. The van der Waals surface area contributed by atoms with Crippen LogP contribution in [0.5, 0.6) is 5.75 Å². The molecule has 1 unspecified atom stereocenters. The summed E-state index contributed by atoms with van der Waals surface area (Å²) in [4.78, 5) is 0. The molecular formula is C15H14ClNO. The van der Waals surface area contributed by atoms with E-state index < -0.39 is 0 Å². The Kier molecular flexibility index (Phi) is 2.98. The lowest BCUT2D eigenvalue weighted by Crippen LogP contribution is -2.13. The van der Waals surface area contributed by atoms with Crippen LogP contribution in [0.2, 0.25) is 5.02 Å². The molecule has 0 aromatic heterocycles. The van der Waals surface area contributed by atoms with Gasteiger partial charge in [-0.2, -0.15) is 0 Å². The summed E-state index contributed by atoms with van der Waals surface area (Å²) >= 11 is 6.06. The molecule has 1 atom stereocenters. The van der Waals surface area contributed by atoms with Crippen molar-refractivity contribution in [3.8, 4) is 5.75 Å². The van der Waals surface area contributed by atoms with Gasteiger partial charge in [0, 0.05) is 6.54 Å². The van der Waals surface area contributed by atoms with E-state index in [1.807, 2.05) is 18.2 Å². The minimum absolute atomic E-state index is 0.229. The van der Waals surface area contributed by atoms with E-state index in [-0.39, 0.29) is 6.04 Å². The van der Waals surface area contributed by atoms with Gasteiger partial charge < -0.3 is 10.1 Å². The number of nitrogens with one attached hydrogen (secondary N) is 1. The van der Waals surface area contributed by atoms with Crippen LogP contribution in [0.4, 0.5) is 0 Å². The molecule has 2 nitrogen and oxygen atoms in total. The van der Waals surface area contributed by atoms with Crippen molar-refractivity contribution in [2.75, 3.05) is 7.11 Å². The number of methoxy groups -OCH3 is 1. The molecule has 0 bridgehead atoms. The van der Waals surface area contributed by atoms with E-state index >= 15 is 0 Å². The number of benzene rings is 2. The topological polar surface area (TPSA) is 21.3 Å². The van der Waals surface area contributed by atoms with Crippen molar-refractivity contribution in [1.29, 1.82) is 0 Å². The van der Waals surface area contributed by atoms with E-state index in [2.05, 4.69) is 29.6 Å². The Bertz CT molecular complexity index is 582. The van der Waals surface area contributed by atoms with Crippen molar-refractivity contribution >= 4 is 11.6 Å². The van der Waals surface area contributed by atoms with Crippen LogP contribution < -0.4 is 10.1 Å². The number of rotatable bonds is 2. The molecule has 3 rings (SSSR count). The molecule has 0 spiro atoms. The van der Waals surface area contributed by atoms with Gasteiger partial charge >= 0.3 is 0 Å². The van der Waals surface area contributed by atoms with E-state index in [0.717, 1.165) is 12.3 Å². The second-order valence-corrected chi connectivity index (χ2v) is 4.81. The smallest absolute Gasteiger partial charge is 0.137 e. The largest absolute Gasteiger partial charge is 0.495 e. The highest BCUT2D eigenvalue weighted by Gasteiger charge is 2.23. The molecule has 2 aromatic carbocycles. The van der Waals surface area contributed by atoms with Crippen molar-refractivity contribution in [2.45, 2.75) is 12.6 Å². The first-order chi connectivity index (χ1) is 8.79. The molecule has 1 aliphatic heterocycles. The fraction of sp³-hybridized carbons (Fsp3) is 0.200. The van der Waals surface area contributed by atoms with Gasteiger partial charge in [-0.3, -0.25) is 0 Å². The maximum atomic E-state index is 6.06. The molecule has 0 fully saturated rings. The molecule has 0 radical (unpaired) electrons. The van der Waals surface area contributed by atoms with Crippen LogP contribution in [0, 0.1) is 0 Å². The number of fused-ring (bicyclic) bond motifs is 1. The summed E-state index contributed by atoms with van der Waals surface area (Å²) < 4.78 is 5.27. The molecule has 2 aromatic rings. The van der Waals surface area contributed by atoms with E-state index in [1.54, 1.807) is 7.11 Å². The van der Waals surface area contributed by atoms with Crippen LogP contribution in [-0.4, -0.2) is 7.11 Å². The standard InChI is InChI=1S/C15H14ClNO/c1-18-14-8-10(6-7-13(14)16)15-12-5-3-2-4-11(12)9-17-15/h2-8,15,17H,9H2,1H3. The third kappa shape index (κ3) is 1.88. The first-order valence-corrected chi connectivity index (χ1v) is 6.32. The van der Waals surface area contributed by atoms with Gasteiger partial charge in [0.25, 0.3) is 0 Å². The van der Waals surface area contributed by atoms with Gasteiger partial charge in [-0.05, 0) is 28.8 Å². The molecule has 0 amide bonds. The molecule has 1 aliphatic rings. The summed E-state index contributed by atoms with van der Waals surface area (Å²) in [5.41, 5.74) is 3.87. The lowest BCUT2D eigenvalue weighted by Gasteiger charge is -2.14. The van der Waals surface area contributed by atoms with Crippen LogP contribution in [0.15, 0.2) is 42.5 Å². The maximum Gasteiger partial charge on any atom is 0.137 e. The molecule has 1 heterocycles. The Morgan fingerprint density at radius 2 is 2.06 bits per heavy atom. The van der Waals surface area contributed by atoms with Crippen LogP contribution >= 0.6 is 11.6 Å². The van der Waals surface area contributed by atoms with E-state index in [0.29, 0.717) is 5.02 Å². The Morgan fingerprint density at radius 3 is 2.89 bits per heavy atom. The highest BCUT2D eigenvalue weighted by molar-refractivity contribution is 6.32. The van der Waals surface area contributed by atoms with Crippen LogP contribution in [-0.2, 0) is 6.54 Å². The van der Waals surface area contributed by atoms with Crippen LogP contribution in [0.1, 0.15) is 22.7 Å². The number of hydrogen-bond donors (Lipinski definition) is 1. The van der Waals surface area contributed by atoms with Gasteiger partial charge in [-0.1, -0.05) is 41.9 Å². The summed E-state index contributed by atoms with van der Waals surface area (Å²) in [6.07, 6.45) is 0. The van der Waals surface area contributed by atoms with Gasteiger partial charge in [0.2, 0.25) is 0 Å². The second kappa shape index (κ2) is 4.63. The van der Waals surface area contributed by atoms with Crippen LogP contribution in [0.3, 0.4) is 0 Å². The number of hydrogen-bond acceptors (Lipinski definition) is 2. The summed E-state index contributed by atoms with van der Waals surface area (Å²) in [5, 5.41) is 4.16. The lowest BCUT2D eigenvalue weighted by atomic mass is 9.98. The van der Waals surface area contributed by atoms with Gasteiger partial charge in [0.05, 0.1) is 18.2 Å². The first kappa shape index (κ1) is 11.6. The summed E-state index contributed by atoms with van der Waals surface area (Å²) in [7, 11) is 1.64. The van der Waals surface area contributed by atoms with Gasteiger partial charge in [-0.25, -0.2) is 0 Å². The minimum Gasteiger partial charge on any atom is -0.495 e. The van der Waals surface area contributed by atoms with E-state index in [9.17, 15) is 0 Å². The van der Waals surface area contributed by atoms with Crippen molar-refractivity contribution in [3.05, 3.63) is 64.2 Å². The van der Waals surface area contributed by atoms with Gasteiger partial charge in [0.15, 0.2) is 0 Å². The minimum atomic E-state index is 0.229. The van der Waals surface area contributed by atoms with Gasteiger partial charge in [0.1, 0.15) is 5.75 Å². The monoisotopic (exact) mass is 259 g/mol. The van der Waals surface area contributed by atoms with Crippen molar-refractivity contribution < 1.29 is 4.74 Å². The Labute approximate surface area is 112 Å². The molecule has 1 N–H and O–H groups in total. The highest BCUT2D eigenvalue weighted by Crippen LogP contribution is 2.34. The average Bonchev–Trinajstić information content (AvgIpc) is 2.83. The molecule has 0 aliphatic carbocycles. The molecule has 3 heteroatoms. The quantitative estimate of drug-likeness (QED) is 0.891. The van der Waals surface area contributed by atoms with Crippen molar-refractivity contribution in [2.24, 2.45) is 0 Å². The zero-order chi connectivity index (χ0) is 12.5. The molecular weight excluding hydrogens is 246 g/mol. The van der Waals surface area contributed by atoms with E-state index in [1.165, 1.54) is 16.7 Å². The second-order valence-electron chi connectivity index (χ2n) is 4.41. The Balaban J connectivity index is 2.02. The Hall–Kier alpha value is -1.51. The SMILES string of the molecule is COc1cc(C2NCc3ccccc32)ccc1Cl. The molecule has 0 saturated carbocycles. The fourth-order valence-corrected chi connectivity index (χ4v) is 2.65. The summed E-state index contributed by atoms with van der Waals surface area (Å²) in [6, 6.07) is 14.6. The lowest BCUT2D eigenvalue weighted by molar-refractivity contribution is 0.414. The predicted molar refractivity (Wildman–Crippen MR) is 73.1 cm³/mol. The molecule has 18 heavy (non-hydrogen) atoms. The summed E-state index contributed by atoms with van der Waals surface area (Å²) in [5.74, 6) is 0.723. The van der Waals surface area contributed by atoms with Crippen molar-refractivity contribution in [1.82, 2.24) is 5.32 Å². The number of halogens is 1. The normalized spacial score (nSPS) is 17.6. The first-order valence-electron chi connectivity index (χ1n) is 5.94.